The third kappa shape index (κ3) is 1.88. The van der Waals surface area contributed by atoms with E-state index in [9.17, 15) is 0 Å². The minimum absolute atomic E-state index is 0.117. The molecule has 0 saturated heterocycles. The number of fused-ring (bicyclic) bond motifs is 1. The molecule has 1 heterocycles. The van der Waals surface area contributed by atoms with Gasteiger partial charge < -0.3 is 4.74 Å². The van der Waals surface area contributed by atoms with Crippen molar-refractivity contribution in [3.8, 4) is 5.75 Å². The molecule has 0 amide bonds. The van der Waals surface area contributed by atoms with Gasteiger partial charge in [-0.1, -0.05) is 22.0 Å². The molecule has 2 heteroatoms. The van der Waals surface area contributed by atoms with Gasteiger partial charge in [0.2, 0.25) is 0 Å². The molecule has 68 valence electrons. The number of rotatable bonds is 0. The van der Waals surface area contributed by atoms with Crippen LogP contribution in [0.15, 0.2) is 22.7 Å². The highest BCUT2D eigenvalue weighted by molar-refractivity contribution is 9.10. The third-order valence-electron chi connectivity index (χ3n) is 2.03. The van der Waals surface area contributed by atoms with Gasteiger partial charge in [0.25, 0.3) is 0 Å². The molecular weight excluding hydrogens is 228 g/mol. The summed E-state index contributed by atoms with van der Waals surface area (Å²) in [5.74, 6) is 0.922. The van der Waals surface area contributed by atoms with Gasteiger partial charge in [0.05, 0.1) is 0 Å². The van der Waals surface area contributed by atoms with Crippen LogP contribution in [0.25, 0.3) is 0 Å². The van der Waals surface area contributed by atoms with Crippen molar-refractivity contribution in [2.24, 2.45) is 0 Å². The normalized spacial score (nSPS) is 19.0. The van der Waals surface area contributed by atoms with Crippen molar-refractivity contribution in [1.29, 1.82) is 0 Å². The van der Waals surface area contributed by atoms with Crippen molar-refractivity contribution in [3.63, 3.8) is 0 Å². The van der Waals surface area contributed by atoms with Gasteiger partial charge >= 0.3 is 0 Å². The minimum Gasteiger partial charge on any atom is -0.487 e. The molecule has 0 N–H and O–H groups in total. The van der Waals surface area contributed by atoms with E-state index in [-0.39, 0.29) is 5.60 Å². The Morgan fingerprint density at radius 2 is 2.23 bits per heavy atom. The zero-order valence-electron chi connectivity index (χ0n) is 7.73. The molecule has 2 rings (SSSR count). The van der Waals surface area contributed by atoms with Gasteiger partial charge in [0.15, 0.2) is 0 Å². The lowest BCUT2D eigenvalue weighted by atomic mass is 9.94. The molecular formula is C11H11BrO. The molecule has 0 fully saturated rings. The lowest BCUT2D eigenvalue weighted by Gasteiger charge is -2.32. The minimum atomic E-state index is -0.117. The largest absolute Gasteiger partial charge is 0.487 e. The number of ether oxygens (including phenoxy) is 1. The lowest BCUT2D eigenvalue weighted by Crippen LogP contribution is -2.31. The molecule has 2 radical (unpaired) electrons. The Kier molecular flexibility index (Phi) is 2.11. The summed E-state index contributed by atoms with van der Waals surface area (Å²) in [6, 6.07) is 6.02. The van der Waals surface area contributed by atoms with Crippen molar-refractivity contribution >= 4 is 15.9 Å². The van der Waals surface area contributed by atoms with Crippen LogP contribution in [-0.4, -0.2) is 5.60 Å². The first-order valence-corrected chi connectivity index (χ1v) is 5.09. The fourth-order valence-corrected chi connectivity index (χ4v) is 1.71. The number of benzene rings is 1. The molecule has 1 aromatic rings. The van der Waals surface area contributed by atoms with E-state index in [4.69, 9.17) is 4.74 Å². The molecule has 1 nitrogen and oxygen atoms in total. The highest BCUT2D eigenvalue weighted by Crippen LogP contribution is 2.35. The van der Waals surface area contributed by atoms with Gasteiger partial charge in [-0.2, -0.15) is 0 Å². The van der Waals surface area contributed by atoms with E-state index in [0.29, 0.717) is 0 Å². The summed E-state index contributed by atoms with van der Waals surface area (Å²) in [6.45, 7) is 4.15. The molecule has 0 atom stereocenters. The molecule has 0 aliphatic carbocycles. The lowest BCUT2D eigenvalue weighted by molar-refractivity contribution is 0.0987. The van der Waals surface area contributed by atoms with Crippen molar-refractivity contribution in [1.82, 2.24) is 0 Å². The van der Waals surface area contributed by atoms with Crippen LogP contribution >= 0.6 is 15.9 Å². The van der Waals surface area contributed by atoms with Crippen LogP contribution in [0.3, 0.4) is 0 Å². The predicted octanol–water partition coefficient (Wildman–Crippen LogP) is 3.44. The second kappa shape index (κ2) is 3.02. The van der Waals surface area contributed by atoms with Crippen molar-refractivity contribution < 1.29 is 4.74 Å². The van der Waals surface area contributed by atoms with Crippen LogP contribution in [0.4, 0.5) is 0 Å². The van der Waals surface area contributed by atoms with Crippen molar-refractivity contribution in [2.45, 2.75) is 25.9 Å². The summed E-state index contributed by atoms with van der Waals surface area (Å²) in [5, 5.41) is 0. The van der Waals surface area contributed by atoms with Crippen molar-refractivity contribution in [3.05, 3.63) is 34.7 Å². The average Bonchev–Trinajstić information content (AvgIpc) is 2.01. The number of hydrogen-bond acceptors (Lipinski definition) is 1. The Bertz CT molecular complexity index is 331. The average molecular weight is 239 g/mol. The SMILES string of the molecule is CC1(C)C[C]c2ccc(Br)cc2O1. The highest BCUT2D eigenvalue weighted by atomic mass is 79.9. The van der Waals surface area contributed by atoms with Gasteiger partial charge in [0.1, 0.15) is 11.4 Å². The zero-order valence-corrected chi connectivity index (χ0v) is 9.31. The number of halogens is 1. The van der Waals surface area contributed by atoms with Crippen LogP contribution in [0, 0.1) is 6.42 Å². The summed E-state index contributed by atoms with van der Waals surface area (Å²) in [7, 11) is 0. The van der Waals surface area contributed by atoms with Gasteiger partial charge in [-0.05, 0) is 32.4 Å². The molecule has 0 unspecified atom stereocenters. The Labute approximate surface area is 87.2 Å². The first kappa shape index (κ1) is 9.07. The maximum absolute atomic E-state index is 5.81. The summed E-state index contributed by atoms with van der Waals surface area (Å²) in [5.41, 5.74) is 0.955. The second-order valence-electron chi connectivity index (χ2n) is 3.86. The molecule has 1 aliphatic heterocycles. The fraction of sp³-hybridized carbons (Fsp3) is 0.364. The Hall–Kier alpha value is -0.500. The quantitative estimate of drug-likeness (QED) is 0.673. The fourth-order valence-electron chi connectivity index (χ4n) is 1.37. The Balaban J connectivity index is 2.38. The first-order chi connectivity index (χ1) is 6.07. The maximum atomic E-state index is 5.81. The molecule has 0 saturated carbocycles. The van der Waals surface area contributed by atoms with Crippen molar-refractivity contribution in [2.75, 3.05) is 0 Å². The monoisotopic (exact) mass is 238 g/mol. The number of hydrogen-bond donors (Lipinski definition) is 0. The Morgan fingerprint density at radius 1 is 1.46 bits per heavy atom. The van der Waals surface area contributed by atoms with Gasteiger partial charge in [-0.25, -0.2) is 0 Å². The molecule has 1 aromatic carbocycles. The van der Waals surface area contributed by atoms with Gasteiger partial charge in [-0.15, -0.1) is 0 Å². The molecule has 1 aliphatic rings. The van der Waals surface area contributed by atoms with Gasteiger partial charge in [0, 0.05) is 16.5 Å². The zero-order chi connectivity index (χ0) is 9.47. The van der Waals surface area contributed by atoms with E-state index in [0.717, 1.165) is 22.2 Å². The van der Waals surface area contributed by atoms with E-state index < -0.39 is 0 Å². The predicted molar refractivity (Wildman–Crippen MR) is 55.8 cm³/mol. The van der Waals surface area contributed by atoms with Crippen LogP contribution in [0.1, 0.15) is 25.8 Å². The van der Waals surface area contributed by atoms with E-state index in [2.05, 4.69) is 36.2 Å². The second-order valence-corrected chi connectivity index (χ2v) is 4.77. The first-order valence-electron chi connectivity index (χ1n) is 4.29. The molecule has 0 spiro atoms. The molecule has 13 heavy (non-hydrogen) atoms. The van der Waals surface area contributed by atoms with E-state index in [1.807, 2.05) is 18.2 Å². The molecule has 0 bridgehead atoms. The standard InChI is InChI=1S/C11H11BrO/c1-11(2)6-5-8-3-4-9(12)7-10(8)13-11/h3-4,7H,6H2,1-2H3. The topological polar surface area (TPSA) is 9.23 Å². The van der Waals surface area contributed by atoms with E-state index >= 15 is 0 Å². The van der Waals surface area contributed by atoms with Crippen LogP contribution in [0.2, 0.25) is 0 Å². The Morgan fingerprint density at radius 3 is 3.00 bits per heavy atom. The smallest absolute Gasteiger partial charge is 0.125 e. The van der Waals surface area contributed by atoms with Crippen LogP contribution in [0.5, 0.6) is 5.75 Å². The summed E-state index contributed by atoms with van der Waals surface area (Å²) < 4.78 is 6.85. The van der Waals surface area contributed by atoms with E-state index in [1.54, 1.807) is 0 Å². The van der Waals surface area contributed by atoms with Crippen LogP contribution in [-0.2, 0) is 0 Å². The van der Waals surface area contributed by atoms with E-state index in [1.165, 1.54) is 0 Å². The highest BCUT2D eigenvalue weighted by Gasteiger charge is 2.26. The van der Waals surface area contributed by atoms with Gasteiger partial charge in [-0.3, -0.25) is 0 Å². The molecule has 0 aromatic heterocycles. The van der Waals surface area contributed by atoms with Crippen LogP contribution < -0.4 is 4.74 Å². The third-order valence-corrected chi connectivity index (χ3v) is 2.53. The summed E-state index contributed by atoms with van der Waals surface area (Å²) in [6.07, 6.45) is 4.18. The maximum Gasteiger partial charge on any atom is 0.125 e. The summed E-state index contributed by atoms with van der Waals surface area (Å²) >= 11 is 3.42. The summed E-state index contributed by atoms with van der Waals surface area (Å²) in [4.78, 5) is 0.